The van der Waals surface area contributed by atoms with E-state index in [1.807, 2.05) is 12.1 Å². The molecule has 2 aromatic carbocycles. The highest BCUT2D eigenvalue weighted by Crippen LogP contribution is 2.34. The highest BCUT2D eigenvalue weighted by molar-refractivity contribution is 14.1. The topological polar surface area (TPSA) is 54.5 Å². The molecule has 4 nitrogen and oxygen atoms in total. The van der Waals surface area contributed by atoms with Gasteiger partial charge >= 0.3 is 0 Å². The Labute approximate surface area is 154 Å². The highest BCUT2D eigenvalue weighted by atomic mass is 127. The first kappa shape index (κ1) is 15.6. The van der Waals surface area contributed by atoms with E-state index < -0.39 is 0 Å². The fourth-order valence-corrected chi connectivity index (χ4v) is 3.73. The Morgan fingerprint density at radius 2 is 1.32 bits per heavy atom. The van der Waals surface area contributed by atoms with Crippen molar-refractivity contribution in [3.8, 4) is 0 Å². The number of fused-ring (bicyclic) bond motifs is 1. The van der Waals surface area contributed by atoms with Gasteiger partial charge < -0.3 is 0 Å². The van der Waals surface area contributed by atoms with E-state index in [2.05, 4.69) is 45.2 Å². The molecule has 0 fully saturated rings. The van der Waals surface area contributed by atoms with Crippen molar-refractivity contribution in [3.63, 3.8) is 0 Å². The van der Waals surface area contributed by atoms with Gasteiger partial charge in [-0.1, -0.05) is 0 Å². The summed E-state index contributed by atoms with van der Waals surface area (Å²) in [6.45, 7) is 1.47. The predicted octanol–water partition coefficient (Wildman–Crippen LogP) is 3.90. The van der Waals surface area contributed by atoms with E-state index >= 15 is 0 Å². The monoisotopic (exact) mass is 517 g/mol. The van der Waals surface area contributed by atoms with Gasteiger partial charge in [-0.2, -0.15) is 0 Å². The van der Waals surface area contributed by atoms with Gasteiger partial charge in [-0.3, -0.25) is 14.4 Å². The molecule has 110 valence electrons. The third-order valence-electron chi connectivity index (χ3n) is 3.47. The Bertz CT molecular complexity index is 787. The molecular formula is C16H9I2NO3. The number of ketones is 1. The van der Waals surface area contributed by atoms with Gasteiger partial charge in [-0.15, -0.1) is 0 Å². The summed E-state index contributed by atoms with van der Waals surface area (Å²) in [4.78, 5) is 37.7. The first-order valence-corrected chi connectivity index (χ1v) is 8.55. The quantitative estimate of drug-likeness (QED) is 0.345. The number of carbonyl (C=O) groups excluding carboxylic acids is 3. The number of carbonyl (C=O) groups is 3. The van der Waals surface area contributed by atoms with Crippen molar-refractivity contribution in [2.24, 2.45) is 0 Å². The Balaban J connectivity index is 2.09. The van der Waals surface area contributed by atoms with E-state index in [1.54, 1.807) is 24.3 Å². The van der Waals surface area contributed by atoms with Crippen LogP contribution in [0.5, 0.6) is 0 Å². The minimum atomic E-state index is -0.321. The maximum Gasteiger partial charge on any atom is 0.267 e. The van der Waals surface area contributed by atoms with Crippen LogP contribution in [0, 0.1) is 7.14 Å². The van der Waals surface area contributed by atoms with Gasteiger partial charge in [0.05, 0.1) is 16.8 Å². The molecule has 0 spiro atoms. The molecule has 0 aliphatic carbocycles. The number of nitrogens with zero attached hydrogens (tertiary/aromatic N) is 1. The number of rotatable bonds is 2. The number of hydrogen-bond donors (Lipinski definition) is 0. The lowest BCUT2D eigenvalue weighted by Gasteiger charge is -2.14. The second-order valence-electron chi connectivity index (χ2n) is 4.83. The summed E-state index contributed by atoms with van der Waals surface area (Å²) in [6.07, 6.45) is 0. The average molecular weight is 517 g/mol. The Morgan fingerprint density at radius 3 is 1.73 bits per heavy atom. The van der Waals surface area contributed by atoms with Crippen LogP contribution in [0.1, 0.15) is 38.0 Å². The molecular weight excluding hydrogens is 508 g/mol. The van der Waals surface area contributed by atoms with Crippen LogP contribution in [0.2, 0.25) is 0 Å². The minimum Gasteiger partial charge on any atom is -0.295 e. The van der Waals surface area contributed by atoms with E-state index in [0.717, 1.165) is 7.14 Å². The molecule has 2 amide bonds. The average Bonchev–Trinajstić information content (AvgIpc) is 2.76. The molecule has 0 saturated heterocycles. The smallest absolute Gasteiger partial charge is 0.267 e. The van der Waals surface area contributed by atoms with Crippen molar-refractivity contribution in [2.45, 2.75) is 6.92 Å². The highest BCUT2D eigenvalue weighted by Gasteiger charge is 2.39. The third kappa shape index (κ3) is 2.37. The van der Waals surface area contributed by atoms with Crippen LogP contribution < -0.4 is 4.90 Å². The van der Waals surface area contributed by atoms with Crippen LogP contribution in [0.4, 0.5) is 5.69 Å². The van der Waals surface area contributed by atoms with Gasteiger partial charge in [0.15, 0.2) is 5.78 Å². The molecule has 1 heterocycles. The summed E-state index contributed by atoms with van der Waals surface area (Å²) in [5.41, 5.74) is 1.92. The SMILES string of the molecule is CC(=O)c1ccc(N2C(=O)c3c(I)ccc(I)c3C2=O)cc1. The van der Waals surface area contributed by atoms with Gasteiger partial charge in [0, 0.05) is 12.7 Å². The number of Topliss-reactive ketones (excluding diaryl/α,β-unsaturated/α-hetero) is 1. The molecule has 0 N–H and O–H groups in total. The van der Waals surface area contributed by atoms with Crippen molar-refractivity contribution >= 4 is 68.5 Å². The number of imide groups is 1. The lowest BCUT2D eigenvalue weighted by molar-refractivity contribution is 0.0924. The molecule has 0 bridgehead atoms. The Hall–Kier alpha value is -1.29. The summed E-state index contributed by atoms with van der Waals surface area (Å²) in [5, 5.41) is 0. The second-order valence-corrected chi connectivity index (χ2v) is 7.15. The lowest BCUT2D eigenvalue weighted by Crippen LogP contribution is -2.29. The first-order chi connectivity index (χ1) is 10.4. The van der Waals surface area contributed by atoms with Crippen LogP contribution in [0.25, 0.3) is 0 Å². The fraction of sp³-hybridized carbons (Fsp3) is 0.0625. The molecule has 6 heteroatoms. The summed E-state index contributed by atoms with van der Waals surface area (Å²) in [6, 6.07) is 10.1. The van der Waals surface area contributed by atoms with Crippen molar-refractivity contribution in [2.75, 3.05) is 4.90 Å². The van der Waals surface area contributed by atoms with Crippen molar-refractivity contribution in [3.05, 3.63) is 60.2 Å². The summed E-state index contributed by atoms with van der Waals surface area (Å²) < 4.78 is 1.52. The maximum atomic E-state index is 12.6. The zero-order valence-electron chi connectivity index (χ0n) is 11.4. The van der Waals surface area contributed by atoms with E-state index in [-0.39, 0.29) is 17.6 Å². The molecule has 0 aromatic heterocycles. The van der Waals surface area contributed by atoms with Crippen LogP contribution in [0.3, 0.4) is 0 Å². The third-order valence-corrected chi connectivity index (χ3v) is 5.27. The number of amides is 2. The molecule has 0 saturated carbocycles. The normalized spacial score (nSPS) is 13.5. The predicted molar refractivity (Wildman–Crippen MR) is 99.5 cm³/mol. The van der Waals surface area contributed by atoms with Crippen LogP contribution in [-0.4, -0.2) is 17.6 Å². The van der Waals surface area contributed by atoms with Crippen molar-refractivity contribution in [1.29, 1.82) is 0 Å². The zero-order chi connectivity index (χ0) is 16.0. The first-order valence-electron chi connectivity index (χ1n) is 6.39. The van der Waals surface area contributed by atoms with E-state index in [0.29, 0.717) is 22.4 Å². The van der Waals surface area contributed by atoms with E-state index in [9.17, 15) is 14.4 Å². The van der Waals surface area contributed by atoms with Crippen molar-refractivity contribution in [1.82, 2.24) is 0 Å². The molecule has 1 aliphatic rings. The molecule has 0 radical (unpaired) electrons. The number of halogens is 2. The molecule has 0 atom stereocenters. The van der Waals surface area contributed by atoms with Gasteiger partial charge in [0.2, 0.25) is 0 Å². The summed E-state index contributed by atoms with van der Waals surface area (Å²) in [5.74, 6) is -0.699. The Morgan fingerprint density at radius 1 is 0.864 bits per heavy atom. The van der Waals surface area contributed by atoms with E-state index in [1.165, 1.54) is 11.8 Å². The lowest BCUT2D eigenvalue weighted by atomic mass is 10.1. The number of benzene rings is 2. The summed E-state index contributed by atoms with van der Waals surface area (Å²) in [7, 11) is 0. The van der Waals surface area contributed by atoms with Crippen LogP contribution in [0.15, 0.2) is 36.4 Å². The molecule has 0 unspecified atom stereocenters. The van der Waals surface area contributed by atoms with Crippen molar-refractivity contribution < 1.29 is 14.4 Å². The van der Waals surface area contributed by atoms with E-state index in [4.69, 9.17) is 0 Å². The largest absolute Gasteiger partial charge is 0.295 e. The van der Waals surface area contributed by atoms with Gasteiger partial charge in [0.25, 0.3) is 11.8 Å². The zero-order valence-corrected chi connectivity index (χ0v) is 15.7. The number of hydrogen-bond acceptors (Lipinski definition) is 3. The summed E-state index contributed by atoms with van der Waals surface area (Å²) >= 11 is 4.13. The van der Waals surface area contributed by atoms with Gasteiger partial charge in [-0.25, -0.2) is 4.90 Å². The fourth-order valence-electron chi connectivity index (χ4n) is 2.37. The standard InChI is InChI=1S/C16H9I2NO3/c1-8(20)9-2-4-10(5-3-9)19-15(21)13-11(17)6-7-12(18)14(13)16(19)22/h2-7H,1H3. The molecule has 3 rings (SSSR count). The molecule has 1 aliphatic heterocycles. The minimum absolute atomic E-state index is 0.0574. The van der Waals surface area contributed by atoms with Gasteiger partial charge in [-0.05, 0) is 88.5 Å². The van der Waals surface area contributed by atoms with Gasteiger partial charge in [0.1, 0.15) is 0 Å². The maximum absolute atomic E-state index is 12.6. The Kier molecular flexibility index (Phi) is 4.06. The second kappa shape index (κ2) is 5.73. The molecule has 2 aromatic rings. The van der Waals surface area contributed by atoms with Crippen LogP contribution >= 0.6 is 45.2 Å². The van der Waals surface area contributed by atoms with Crippen LogP contribution in [-0.2, 0) is 0 Å². The number of anilines is 1. The molecule has 22 heavy (non-hydrogen) atoms.